The molecular formula is C29H46O4. The topological polar surface area (TPSA) is 52.6 Å². The maximum absolute atomic E-state index is 12.0. The van der Waals surface area contributed by atoms with Crippen molar-refractivity contribution in [1.82, 2.24) is 0 Å². The van der Waals surface area contributed by atoms with E-state index in [0.717, 1.165) is 29.5 Å². The fourth-order valence-electron chi connectivity index (χ4n) is 4.07. The lowest BCUT2D eigenvalue weighted by Gasteiger charge is -2.10. The van der Waals surface area contributed by atoms with Gasteiger partial charge in [-0.2, -0.15) is 0 Å². The van der Waals surface area contributed by atoms with E-state index in [1.807, 2.05) is 26.0 Å². The first-order valence-corrected chi connectivity index (χ1v) is 13.1. The summed E-state index contributed by atoms with van der Waals surface area (Å²) >= 11 is 0. The number of carbonyl (C=O) groups is 2. The number of hydrogen-bond donors (Lipinski definition) is 0. The van der Waals surface area contributed by atoms with Crippen LogP contribution < -0.4 is 4.74 Å². The SMILES string of the molecule is CCCCCCCCCCCCCCCCOC(=O)/C=C/c1cc(C)c(OC(C)=O)c(C)c1. The van der Waals surface area contributed by atoms with E-state index in [-0.39, 0.29) is 11.9 Å². The molecule has 0 radical (unpaired) electrons. The molecule has 0 aliphatic rings. The van der Waals surface area contributed by atoms with Gasteiger partial charge in [-0.15, -0.1) is 0 Å². The molecule has 0 fully saturated rings. The fraction of sp³-hybridized carbons (Fsp3) is 0.655. The van der Waals surface area contributed by atoms with Gasteiger partial charge >= 0.3 is 11.9 Å². The Bertz CT molecular complexity index is 697. The van der Waals surface area contributed by atoms with Crippen LogP contribution in [0.4, 0.5) is 0 Å². The molecule has 4 nitrogen and oxygen atoms in total. The highest BCUT2D eigenvalue weighted by Gasteiger charge is 2.08. The third-order valence-electron chi connectivity index (χ3n) is 5.88. The van der Waals surface area contributed by atoms with Crippen molar-refractivity contribution in [2.75, 3.05) is 6.61 Å². The standard InChI is InChI=1S/C29H46O4/c1-5-6-7-8-9-10-11-12-13-14-15-16-17-18-21-32-28(31)20-19-27-22-24(2)29(25(3)23-27)33-26(4)30/h19-20,22-23H,5-18,21H2,1-4H3/b20-19+. The number of benzene rings is 1. The first-order chi connectivity index (χ1) is 15.9. The van der Waals surface area contributed by atoms with Crippen molar-refractivity contribution in [3.05, 3.63) is 34.9 Å². The predicted octanol–water partition coefficient (Wildman–Crippen LogP) is 8.27. The van der Waals surface area contributed by atoms with Crippen LogP contribution in [0.2, 0.25) is 0 Å². The van der Waals surface area contributed by atoms with E-state index in [1.54, 1.807) is 6.08 Å². The summed E-state index contributed by atoms with van der Waals surface area (Å²) in [4.78, 5) is 23.2. The quantitative estimate of drug-likeness (QED) is 0.0961. The van der Waals surface area contributed by atoms with Gasteiger partial charge in [0.1, 0.15) is 5.75 Å². The molecule has 0 aromatic heterocycles. The van der Waals surface area contributed by atoms with Crippen molar-refractivity contribution >= 4 is 18.0 Å². The average Bonchev–Trinajstić information content (AvgIpc) is 2.77. The van der Waals surface area contributed by atoms with Gasteiger partial charge < -0.3 is 9.47 Å². The van der Waals surface area contributed by atoms with Crippen molar-refractivity contribution in [3.63, 3.8) is 0 Å². The molecule has 1 rings (SSSR count). The Hall–Kier alpha value is -2.10. The molecule has 0 heterocycles. The first-order valence-electron chi connectivity index (χ1n) is 13.1. The lowest BCUT2D eigenvalue weighted by atomic mass is 10.0. The molecule has 0 bridgehead atoms. The van der Waals surface area contributed by atoms with E-state index in [1.165, 1.54) is 90.0 Å². The third kappa shape index (κ3) is 14.6. The fourth-order valence-corrected chi connectivity index (χ4v) is 4.07. The third-order valence-corrected chi connectivity index (χ3v) is 5.88. The maximum Gasteiger partial charge on any atom is 0.330 e. The number of hydrogen-bond acceptors (Lipinski definition) is 4. The van der Waals surface area contributed by atoms with E-state index in [2.05, 4.69) is 6.92 Å². The van der Waals surface area contributed by atoms with Gasteiger partial charge in [-0.25, -0.2) is 4.79 Å². The summed E-state index contributed by atoms with van der Waals surface area (Å²) in [5, 5.41) is 0. The molecule has 1 aromatic carbocycles. The van der Waals surface area contributed by atoms with Crippen molar-refractivity contribution < 1.29 is 19.1 Å². The number of carbonyl (C=O) groups excluding carboxylic acids is 2. The van der Waals surface area contributed by atoms with E-state index >= 15 is 0 Å². The molecule has 0 amide bonds. The second kappa shape index (κ2) is 18.3. The minimum absolute atomic E-state index is 0.316. The second-order valence-electron chi connectivity index (χ2n) is 9.17. The van der Waals surface area contributed by atoms with E-state index in [0.29, 0.717) is 12.4 Å². The van der Waals surface area contributed by atoms with Crippen LogP contribution in [0.5, 0.6) is 5.75 Å². The smallest absolute Gasteiger partial charge is 0.330 e. The lowest BCUT2D eigenvalue weighted by molar-refractivity contribution is -0.137. The molecule has 0 aliphatic heterocycles. The highest BCUT2D eigenvalue weighted by molar-refractivity contribution is 5.87. The second-order valence-corrected chi connectivity index (χ2v) is 9.17. The van der Waals surface area contributed by atoms with Gasteiger partial charge in [0.05, 0.1) is 6.61 Å². The summed E-state index contributed by atoms with van der Waals surface area (Å²) < 4.78 is 10.6. The van der Waals surface area contributed by atoms with Crippen LogP contribution >= 0.6 is 0 Å². The zero-order valence-electron chi connectivity index (χ0n) is 21.5. The molecule has 4 heteroatoms. The summed E-state index contributed by atoms with van der Waals surface area (Å²) in [5.41, 5.74) is 2.61. The van der Waals surface area contributed by atoms with Gasteiger partial charge in [0.2, 0.25) is 0 Å². The Morgan fingerprint density at radius 2 is 1.21 bits per heavy atom. The van der Waals surface area contributed by atoms with Crippen molar-refractivity contribution in [1.29, 1.82) is 0 Å². The van der Waals surface area contributed by atoms with Gasteiger partial charge in [-0.1, -0.05) is 90.4 Å². The molecule has 0 atom stereocenters. The Labute approximate surface area is 202 Å². The molecule has 1 aromatic rings. The molecule has 0 spiro atoms. The van der Waals surface area contributed by atoms with Crippen molar-refractivity contribution in [2.45, 2.75) is 118 Å². The Morgan fingerprint density at radius 1 is 0.758 bits per heavy atom. The Balaban J connectivity index is 2.06. The molecule has 0 N–H and O–H groups in total. The number of ether oxygens (including phenoxy) is 2. The zero-order valence-corrected chi connectivity index (χ0v) is 21.5. The summed E-state index contributed by atoms with van der Waals surface area (Å²) in [6, 6.07) is 3.78. The normalized spacial score (nSPS) is 11.2. The van der Waals surface area contributed by atoms with E-state index in [4.69, 9.17) is 9.47 Å². The van der Waals surface area contributed by atoms with Gasteiger partial charge in [0, 0.05) is 13.0 Å². The molecule has 0 saturated carbocycles. The number of esters is 2. The molecule has 33 heavy (non-hydrogen) atoms. The van der Waals surface area contributed by atoms with Crippen molar-refractivity contribution in [2.24, 2.45) is 0 Å². The highest BCUT2D eigenvalue weighted by atomic mass is 16.5. The van der Waals surface area contributed by atoms with E-state index < -0.39 is 0 Å². The van der Waals surface area contributed by atoms with Crippen LogP contribution in [-0.4, -0.2) is 18.5 Å². The van der Waals surface area contributed by atoms with Crippen LogP contribution in [0.3, 0.4) is 0 Å². The highest BCUT2D eigenvalue weighted by Crippen LogP contribution is 2.25. The lowest BCUT2D eigenvalue weighted by Crippen LogP contribution is -2.05. The van der Waals surface area contributed by atoms with Crippen LogP contribution in [-0.2, 0) is 14.3 Å². The predicted molar refractivity (Wildman–Crippen MR) is 138 cm³/mol. The number of aryl methyl sites for hydroxylation is 2. The zero-order chi connectivity index (χ0) is 24.3. The number of unbranched alkanes of at least 4 members (excludes halogenated alkanes) is 13. The van der Waals surface area contributed by atoms with Crippen LogP contribution in [0, 0.1) is 13.8 Å². The van der Waals surface area contributed by atoms with Gasteiger partial charge in [0.15, 0.2) is 0 Å². The molecule has 0 unspecified atom stereocenters. The molecule has 0 aliphatic carbocycles. The van der Waals surface area contributed by atoms with Crippen molar-refractivity contribution in [3.8, 4) is 5.75 Å². The molecule has 0 saturated heterocycles. The molecular weight excluding hydrogens is 412 g/mol. The average molecular weight is 459 g/mol. The minimum atomic E-state index is -0.337. The van der Waals surface area contributed by atoms with Crippen LogP contribution in [0.1, 0.15) is 120 Å². The summed E-state index contributed by atoms with van der Waals surface area (Å²) in [6.45, 7) is 7.91. The minimum Gasteiger partial charge on any atom is -0.463 e. The van der Waals surface area contributed by atoms with Crippen LogP contribution in [0.15, 0.2) is 18.2 Å². The number of rotatable bonds is 18. The summed E-state index contributed by atoms with van der Waals surface area (Å²) in [7, 11) is 0. The summed E-state index contributed by atoms with van der Waals surface area (Å²) in [6.07, 6.45) is 21.6. The monoisotopic (exact) mass is 458 g/mol. The molecule has 186 valence electrons. The summed E-state index contributed by atoms with van der Waals surface area (Å²) in [5.74, 6) is -0.0688. The maximum atomic E-state index is 12.0. The largest absolute Gasteiger partial charge is 0.463 e. The van der Waals surface area contributed by atoms with E-state index in [9.17, 15) is 9.59 Å². The van der Waals surface area contributed by atoms with Gasteiger partial charge in [0.25, 0.3) is 0 Å². The van der Waals surface area contributed by atoms with Gasteiger partial charge in [-0.05, 0) is 55.2 Å². The van der Waals surface area contributed by atoms with Crippen LogP contribution in [0.25, 0.3) is 6.08 Å². The first kappa shape index (κ1) is 28.9. The Kier molecular flexibility index (Phi) is 16.1. The Morgan fingerprint density at radius 3 is 1.67 bits per heavy atom. The van der Waals surface area contributed by atoms with Gasteiger partial charge in [-0.3, -0.25) is 4.79 Å².